The van der Waals surface area contributed by atoms with Gasteiger partial charge in [-0.05, 0) is 19.9 Å². The highest BCUT2D eigenvalue weighted by Crippen LogP contribution is 2.46. The van der Waals surface area contributed by atoms with Gasteiger partial charge < -0.3 is 15.1 Å². The maximum absolute atomic E-state index is 10.7. The molecule has 0 aromatic heterocycles. The molecule has 1 heterocycles. The lowest BCUT2D eigenvalue weighted by molar-refractivity contribution is -0.150. The molecule has 0 spiro atoms. The van der Waals surface area contributed by atoms with Gasteiger partial charge in [0.25, 0.3) is 0 Å². The van der Waals surface area contributed by atoms with E-state index in [9.17, 15) is 9.90 Å². The van der Waals surface area contributed by atoms with E-state index in [0.29, 0.717) is 0 Å². The Morgan fingerprint density at radius 2 is 1.93 bits per heavy atom. The van der Waals surface area contributed by atoms with Crippen molar-refractivity contribution in [2.24, 2.45) is 11.8 Å². The van der Waals surface area contributed by atoms with Crippen molar-refractivity contribution < 1.29 is 15.0 Å². The molecule has 2 bridgehead atoms. The molecular weight excluding hydrogens is 182 g/mol. The molecule has 0 amide bonds. The molecule has 1 saturated heterocycles. The third-order valence-corrected chi connectivity index (χ3v) is 3.78. The molecule has 2 fully saturated rings. The second kappa shape index (κ2) is 3.21. The lowest BCUT2D eigenvalue weighted by Crippen LogP contribution is -2.53. The molecular formula is C10H17NO3. The first-order chi connectivity index (χ1) is 6.52. The van der Waals surface area contributed by atoms with E-state index in [2.05, 4.69) is 4.90 Å². The van der Waals surface area contributed by atoms with Gasteiger partial charge in [-0.2, -0.15) is 0 Å². The number of hydrogen-bond donors (Lipinski definition) is 2. The van der Waals surface area contributed by atoms with Crippen molar-refractivity contribution in [2.45, 2.75) is 24.9 Å². The minimum absolute atomic E-state index is 0.0871. The molecule has 80 valence electrons. The monoisotopic (exact) mass is 199 g/mol. The fourth-order valence-electron chi connectivity index (χ4n) is 3.09. The lowest BCUT2D eigenvalue weighted by atomic mass is 9.78. The van der Waals surface area contributed by atoms with Crippen molar-refractivity contribution in [3.8, 4) is 0 Å². The summed E-state index contributed by atoms with van der Waals surface area (Å²) in [5, 5.41) is 19.1. The van der Waals surface area contributed by atoms with Gasteiger partial charge in [-0.3, -0.25) is 4.79 Å². The van der Waals surface area contributed by atoms with Crippen LogP contribution in [0.2, 0.25) is 0 Å². The van der Waals surface area contributed by atoms with Gasteiger partial charge in [0.15, 0.2) is 0 Å². The molecule has 1 aliphatic heterocycles. The summed E-state index contributed by atoms with van der Waals surface area (Å²) in [5.41, 5.74) is -0.932. The van der Waals surface area contributed by atoms with Crippen LogP contribution in [-0.4, -0.2) is 46.8 Å². The summed E-state index contributed by atoms with van der Waals surface area (Å²) >= 11 is 0. The zero-order valence-corrected chi connectivity index (χ0v) is 8.44. The highest BCUT2D eigenvalue weighted by atomic mass is 16.4. The van der Waals surface area contributed by atoms with E-state index in [1.807, 2.05) is 7.05 Å². The van der Waals surface area contributed by atoms with Crippen molar-refractivity contribution in [3.63, 3.8) is 0 Å². The van der Waals surface area contributed by atoms with E-state index in [1.165, 1.54) is 0 Å². The Balaban J connectivity index is 2.16. The Kier molecular flexibility index (Phi) is 2.27. The van der Waals surface area contributed by atoms with E-state index in [1.54, 1.807) is 0 Å². The second-order valence-electron chi connectivity index (χ2n) is 4.75. The topological polar surface area (TPSA) is 60.8 Å². The summed E-state index contributed by atoms with van der Waals surface area (Å²) in [7, 11) is 2.03. The van der Waals surface area contributed by atoms with Crippen molar-refractivity contribution in [1.82, 2.24) is 4.90 Å². The maximum atomic E-state index is 10.7. The predicted octanol–water partition coefficient (Wildman–Crippen LogP) is 0.164. The van der Waals surface area contributed by atoms with Crippen LogP contribution in [0.25, 0.3) is 0 Å². The number of hydrogen-bond acceptors (Lipinski definition) is 3. The van der Waals surface area contributed by atoms with Crippen molar-refractivity contribution in [1.29, 1.82) is 0 Å². The van der Waals surface area contributed by atoms with Gasteiger partial charge in [0, 0.05) is 24.9 Å². The molecule has 2 atom stereocenters. The van der Waals surface area contributed by atoms with E-state index < -0.39 is 11.6 Å². The minimum atomic E-state index is -0.932. The van der Waals surface area contributed by atoms with Gasteiger partial charge in [0.1, 0.15) is 0 Å². The second-order valence-corrected chi connectivity index (χ2v) is 4.75. The number of carbonyl (C=O) groups is 1. The Morgan fingerprint density at radius 1 is 1.43 bits per heavy atom. The maximum Gasteiger partial charge on any atom is 0.306 e. The number of fused-ring (bicyclic) bond motifs is 2. The van der Waals surface area contributed by atoms with Crippen LogP contribution in [0.5, 0.6) is 0 Å². The molecule has 1 aliphatic carbocycles. The molecule has 4 heteroatoms. The number of aliphatic carboxylic acids is 1. The van der Waals surface area contributed by atoms with Gasteiger partial charge >= 0.3 is 5.97 Å². The Hall–Kier alpha value is -0.610. The number of piperidine rings is 1. The molecule has 0 aromatic rings. The summed E-state index contributed by atoms with van der Waals surface area (Å²) < 4.78 is 0. The Morgan fingerprint density at radius 3 is 2.36 bits per heavy atom. The summed E-state index contributed by atoms with van der Waals surface area (Å²) in [6, 6.07) is 0. The average molecular weight is 199 g/mol. The number of aliphatic hydroxyl groups is 1. The zero-order chi connectivity index (χ0) is 10.3. The summed E-state index contributed by atoms with van der Waals surface area (Å²) in [5.74, 6) is -0.571. The smallest absolute Gasteiger partial charge is 0.306 e. The van der Waals surface area contributed by atoms with Crippen molar-refractivity contribution in [3.05, 3.63) is 0 Å². The number of carboxylic acids is 1. The van der Waals surface area contributed by atoms with Gasteiger partial charge in [-0.1, -0.05) is 0 Å². The van der Waals surface area contributed by atoms with Gasteiger partial charge in [-0.25, -0.2) is 0 Å². The van der Waals surface area contributed by atoms with E-state index in [0.717, 1.165) is 25.9 Å². The first-order valence-corrected chi connectivity index (χ1v) is 5.15. The normalized spacial score (nSPS) is 42.7. The SMILES string of the molecule is CN1CC2CCC(C1)C2(O)CC(=O)O. The highest BCUT2D eigenvalue weighted by molar-refractivity contribution is 5.68. The molecule has 2 N–H and O–H groups in total. The van der Waals surface area contributed by atoms with Crippen LogP contribution in [0.3, 0.4) is 0 Å². The molecule has 2 rings (SSSR count). The zero-order valence-electron chi connectivity index (χ0n) is 8.44. The number of likely N-dealkylation sites (tertiary alicyclic amines) is 1. The molecule has 2 aliphatic rings. The third-order valence-electron chi connectivity index (χ3n) is 3.78. The highest BCUT2D eigenvalue weighted by Gasteiger charge is 2.53. The van der Waals surface area contributed by atoms with Crippen LogP contribution in [0.1, 0.15) is 19.3 Å². The van der Waals surface area contributed by atoms with Crippen molar-refractivity contribution >= 4 is 5.97 Å². The van der Waals surface area contributed by atoms with E-state index >= 15 is 0 Å². The van der Waals surface area contributed by atoms with Crippen LogP contribution in [0.4, 0.5) is 0 Å². The summed E-state index contributed by atoms with van der Waals surface area (Å²) in [6.45, 7) is 1.67. The van der Waals surface area contributed by atoms with Gasteiger partial charge in [0.2, 0.25) is 0 Å². The molecule has 14 heavy (non-hydrogen) atoms. The fourth-order valence-corrected chi connectivity index (χ4v) is 3.09. The van der Waals surface area contributed by atoms with Crippen LogP contribution < -0.4 is 0 Å². The largest absolute Gasteiger partial charge is 0.481 e. The third kappa shape index (κ3) is 1.42. The van der Waals surface area contributed by atoms with E-state index in [4.69, 9.17) is 5.11 Å². The molecule has 0 radical (unpaired) electrons. The summed E-state index contributed by atoms with van der Waals surface area (Å²) in [4.78, 5) is 12.9. The Labute approximate surface area is 83.5 Å². The van der Waals surface area contributed by atoms with Crippen LogP contribution in [0.15, 0.2) is 0 Å². The summed E-state index contributed by atoms with van der Waals surface area (Å²) in [6.07, 6.45) is 1.85. The van der Waals surface area contributed by atoms with Gasteiger partial charge in [0.05, 0.1) is 12.0 Å². The standard InChI is InChI=1S/C10H17NO3/c1-11-5-7-2-3-8(6-11)10(7,14)4-9(12)13/h7-8,14H,2-6H2,1H3,(H,12,13). The van der Waals surface area contributed by atoms with E-state index in [-0.39, 0.29) is 18.3 Å². The van der Waals surface area contributed by atoms with Gasteiger partial charge in [-0.15, -0.1) is 0 Å². The first kappa shape index (κ1) is 9.93. The number of carboxylic acid groups (broad SMARTS) is 1. The lowest BCUT2D eigenvalue weighted by Gasteiger charge is -2.42. The molecule has 1 saturated carbocycles. The number of rotatable bonds is 2. The minimum Gasteiger partial charge on any atom is -0.481 e. The van der Waals surface area contributed by atoms with Crippen LogP contribution in [-0.2, 0) is 4.79 Å². The average Bonchev–Trinajstić information content (AvgIpc) is 2.30. The fraction of sp³-hybridized carbons (Fsp3) is 0.900. The van der Waals surface area contributed by atoms with Crippen molar-refractivity contribution in [2.75, 3.05) is 20.1 Å². The van der Waals surface area contributed by atoms with Crippen LogP contribution in [0, 0.1) is 11.8 Å². The first-order valence-electron chi connectivity index (χ1n) is 5.15. The van der Waals surface area contributed by atoms with Crippen LogP contribution >= 0.6 is 0 Å². The molecule has 0 aromatic carbocycles. The predicted molar refractivity (Wildman–Crippen MR) is 50.9 cm³/mol. The molecule has 2 unspecified atom stereocenters. The quantitative estimate of drug-likeness (QED) is 0.665. The Bertz CT molecular complexity index is 240. The molecule has 4 nitrogen and oxygen atoms in total. The number of nitrogens with zero attached hydrogens (tertiary/aromatic N) is 1.